The summed E-state index contributed by atoms with van der Waals surface area (Å²) in [5.74, 6) is -0.611. The number of nitrogens with zero attached hydrogens (tertiary/aromatic N) is 1. The van der Waals surface area contributed by atoms with Gasteiger partial charge in [0.1, 0.15) is 0 Å². The molecule has 5 nitrogen and oxygen atoms in total. The lowest BCUT2D eigenvalue weighted by Crippen LogP contribution is -2.63. The number of aryl methyl sites for hydroxylation is 1. The van der Waals surface area contributed by atoms with Crippen LogP contribution < -0.4 is 0 Å². The number of carbonyl (C=O) groups excluding carboxylic acids is 1. The molecule has 0 aromatic heterocycles. The van der Waals surface area contributed by atoms with Gasteiger partial charge in [-0.05, 0) is 66.7 Å². The van der Waals surface area contributed by atoms with Gasteiger partial charge in [0.2, 0.25) is 10.0 Å². The highest BCUT2D eigenvalue weighted by Crippen LogP contribution is 2.66. The Morgan fingerprint density at radius 2 is 1.44 bits per heavy atom. The molecule has 0 bridgehead atoms. The van der Waals surface area contributed by atoms with Gasteiger partial charge in [0, 0.05) is 30.0 Å². The second-order valence-corrected chi connectivity index (χ2v) is 14.6. The molecule has 1 aliphatic carbocycles. The van der Waals surface area contributed by atoms with Crippen molar-refractivity contribution in [3.05, 3.63) is 149 Å². The number of sulfonamides is 1. The molecule has 0 unspecified atom stereocenters. The number of hydrogen-bond acceptors (Lipinski definition) is 4. The smallest absolute Gasteiger partial charge is 0.339 e. The lowest BCUT2D eigenvalue weighted by Gasteiger charge is -2.61. The van der Waals surface area contributed by atoms with Gasteiger partial charge >= 0.3 is 5.97 Å². The van der Waals surface area contributed by atoms with E-state index in [0.717, 1.165) is 27.8 Å². The van der Waals surface area contributed by atoms with Crippen molar-refractivity contribution in [2.45, 2.75) is 63.0 Å². The van der Waals surface area contributed by atoms with Gasteiger partial charge in [-0.25, -0.2) is 13.2 Å². The molecule has 232 valence electrons. The fraction of sp³-hybridized carbons (Fsp3) is 0.308. The Morgan fingerprint density at radius 1 is 0.867 bits per heavy atom. The molecule has 0 N–H and O–H groups in total. The van der Waals surface area contributed by atoms with Crippen LogP contribution in [-0.2, 0) is 20.4 Å². The Morgan fingerprint density at radius 3 is 2.02 bits per heavy atom. The number of ether oxygens (including phenoxy) is 1. The molecule has 1 aliphatic heterocycles. The van der Waals surface area contributed by atoms with Crippen LogP contribution in [0.4, 0.5) is 0 Å². The molecule has 0 saturated heterocycles. The summed E-state index contributed by atoms with van der Waals surface area (Å²) in [4.78, 5) is 14.3. The van der Waals surface area contributed by atoms with Crippen molar-refractivity contribution in [2.24, 2.45) is 11.8 Å². The van der Waals surface area contributed by atoms with E-state index >= 15 is 0 Å². The highest BCUT2D eigenvalue weighted by Gasteiger charge is 2.66. The third-order valence-electron chi connectivity index (χ3n) is 9.41. The summed E-state index contributed by atoms with van der Waals surface area (Å²) >= 11 is 0. The number of rotatable bonds is 9. The monoisotopic (exact) mass is 619 g/mol. The minimum Gasteiger partial charge on any atom is -0.445 e. The predicted molar refractivity (Wildman–Crippen MR) is 178 cm³/mol. The Bertz CT molecular complexity index is 1780. The zero-order valence-electron chi connectivity index (χ0n) is 26.4. The topological polar surface area (TPSA) is 63.7 Å². The van der Waals surface area contributed by atoms with Crippen molar-refractivity contribution < 1.29 is 17.9 Å². The van der Waals surface area contributed by atoms with E-state index in [9.17, 15) is 13.2 Å². The van der Waals surface area contributed by atoms with Crippen LogP contribution in [0, 0.1) is 18.8 Å². The SMILES string of the molecule is CCC1=C2[C@H](CN(S(=O)(=O)c3ccc(C)cc3)[C@H]1CC(C)C)[C@@H](c1ccccc1)[C@@]2(OC(=O)c1ccccc1)c1ccccc1. The largest absolute Gasteiger partial charge is 0.445 e. The van der Waals surface area contributed by atoms with Crippen LogP contribution in [0.15, 0.2) is 131 Å². The van der Waals surface area contributed by atoms with Crippen molar-refractivity contribution in [2.75, 3.05) is 6.54 Å². The van der Waals surface area contributed by atoms with E-state index in [4.69, 9.17) is 4.74 Å². The molecule has 4 atom stereocenters. The van der Waals surface area contributed by atoms with Gasteiger partial charge in [-0.3, -0.25) is 0 Å². The number of fused-ring (bicyclic) bond motifs is 1. The Labute approximate surface area is 267 Å². The standard InChI is InChI=1S/C39H41NO4S/c1-5-33-35(25-27(2)3)40(45(42,43)32-23-21-28(4)22-24-32)26-34-36(29-15-9-6-10-16-29)39(37(33)34,31-19-13-8-14-20-31)44-38(41)30-17-11-7-12-18-30/h6-24,27,34-36H,5,25-26H2,1-4H3/t34-,35+,36-,39+/m1/s1. The molecule has 0 amide bonds. The van der Waals surface area contributed by atoms with Crippen LogP contribution in [0.1, 0.15) is 66.6 Å². The second kappa shape index (κ2) is 12.4. The van der Waals surface area contributed by atoms with E-state index < -0.39 is 21.6 Å². The third kappa shape index (κ3) is 5.44. The van der Waals surface area contributed by atoms with Gasteiger partial charge in [-0.15, -0.1) is 0 Å². The van der Waals surface area contributed by atoms with Crippen molar-refractivity contribution in [1.82, 2.24) is 4.31 Å². The van der Waals surface area contributed by atoms with Crippen LogP contribution in [0.2, 0.25) is 0 Å². The maximum absolute atomic E-state index is 14.5. The molecule has 6 rings (SSSR count). The third-order valence-corrected chi connectivity index (χ3v) is 11.3. The van der Waals surface area contributed by atoms with E-state index in [-0.39, 0.29) is 23.8 Å². The van der Waals surface area contributed by atoms with Gasteiger partial charge in [0.05, 0.1) is 10.5 Å². The molecule has 4 aromatic rings. The molecule has 6 heteroatoms. The zero-order valence-corrected chi connectivity index (χ0v) is 27.2. The van der Waals surface area contributed by atoms with Gasteiger partial charge in [-0.2, -0.15) is 4.31 Å². The molecule has 45 heavy (non-hydrogen) atoms. The van der Waals surface area contributed by atoms with Crippen molar-refractivity contribution in [1.29, 1.82) is 0 Å². The summed E-state index contributed by atoms with van der Waals surface area (Å²) < 4.78 is 37.5. The molecular weight excluding hydrogens is 578 g/mol. The Kier molecular flexibility index (Phi) is 8.55. The lowest BCUT2D eigenvalue weighted by molar-refractivity contribution is -0.0761. The average Bonchev–Trinajstić information content (AvgIpc) is 3.05. The highest BCUT2D eigenvalue weighted by molar-refractivity contribution is 7.89. The van der Waals surface area contributed by atoms with Crippen LogP contribution in [-0.4, -0.2) is 31.3 Å². The lowest BCUT2D eigenvalue weighted by atomic mass is 9.49. The van der Waals surface area contributed by atoms with Gasteiger partial charge in [-0.1, -0.05) is 117 Å². The van der Waals surface area contributed by atoms with Gasteiger partial charge in [0.25, 0.3) is 0 Å². The van der Waals surface area contributed by atoms with Crippen LogP contribution >= 0.6 is 0 Å². The van der Waals surface area contributed by atoms with Crippen LogP contribution in [0.5, 0.6) is 0 Å². The summed E-state index contributed by atoms with van der Waals surface area (Å²) in [6.07, 6.45) is 1.31. The zero-order chi connectivity index (χ0) is 31.8. The van der Waals surface area contributed by atoms with Crippen molar-refractivity contribution in [3.63, 3.8) is 0 Å². The first kappa shape index (κ1) is 31.0. The highest BCUT2D eigenvalue weighted by atomic mass is 32.2. The predicted octanol–water partition coefficient (Wildman–Crippen LogP) is 8.29. The van der Waals surface area contributed by atoms with Crippen LogP contribution in [0.3, 0.4) is 0 Å². The molecule has 4 aromatic carbocycles. The maximum Gasteiger partial charge on any atom is 0.339 e. The van der Waals surface area contributed by atoms with Crippen LogP contribution in [0.25, 0.3) is 0 Å². The molecule has 2 aliphatic rings. The molecule has 1 heterocycles. The second-order valence-electron chi connectivity index (χ2n) is 12.7. The van der Waals surface area contributed by atoms with Crippen molar-refractivity contribution >= 4 is 16.0 Å². The van der Waals surface area contributed by atoms with Crippen molar-refractivity contribution in [3.8, 4) is 0 Å². The molecular formula is C39H41NO4S. The molecule has 1 saturated carbocycles. The quantitative estimate of drug-likeness (QED) is 0.140. The normalized spacial score (nSPS) is 23.4. The summed E-state index contributed by atoms with van der Waals surface area (Å²) in [5.41, 5.74) is 4.43. The molecule has 1 fully saturated rings. The van der Waals surface area contributed by atoms with E-state index in [1.807, 2.05) is 85.8 Å². The van der Waals surface area contributed by atoms with Gasteiger partial charge < -0.3 is 4.74 Å². The van der Waals surface area contributed by atoms with E-state index in [0.29, 0.717) is 29.8 Å². The fourth-order valence-corrected chi connectivity index (χ4v) is 9.15. The van der Waals surface area contributed by atoms with E-state index in [1.54, 1.807) is 28.6 Å². The van der Waals surface area contributed by atoms with E-state index in [2.05, 4.69) is 32.9 Å². The fourth-order valence-electron chi connectivity index (χ4n) is 7.49. The first-order valence-corrected chi connectivity index (χ1v) is 17.3. The minimum absolute atomic E-state index is 0.172. The number of hydrogen-bond donors (Lipinski definition) is 0. The summed E-state index contributed by atoms with van der Waals surface area (Å²) in [5, 5.41) is 0. The number of benzene rings is 4. The maximum atomic E-state index is 14.5. The Hall–Kier alpha value is -4.00. The van der Waals surface area contributed by atoms with Gasteiger partial charge in [0.15, 0.2) is 5.60 Å². The van der Waals surface area contributed by atoms with E-state index in [1.165, 1.54) is 0 Å². The number of esters is 1. The molecule has 0 spiro atoms. The summed E-state index contributed by atoms with van der Waals surface area (Å²) in [6.45, 7) is 8.63. The average molecular weight is 620 g/mol. The molecule has 0 radical (unpaired) electrons. The summed E-state index contributed by atoms with van der Waals surface area (Å²) in [6, 6.07) is 36.0. The minimum atomic E-state index is -3.82. The number of carbonyl (C=O) groups is 1. The Balaban J connectivity index is 1.60. The first-order chi connectivity index (χ1) is 21.7. The summed E-state index contributed by atoms with van der Waals surface area (Å²) in [7, 11) is -3.82. The first-order valence-electron chi connectivity index (χ1n) is 15.9.